The van der Waals surface area contributed by atoms with Crippen LogP contribution in [-0.4, -0.2) is 37.0 Å². The van der Waals surface area contributed by atoms with Crippen LogP contribution in [0.2, 0.25) is 0 Å². The molecule has 272 valence electrons. The summed E-state index contributed by atoms with van der Waals surface area (Å²) in [5, 5.41) is 9.58. The average Bonchev–Trinajstić information content (AvgIpc) is 3.08. The topological polar surface area (TPSA) is 55.8 Å². The molecule has 0 aliphatic rings. The molecule has 0 heterocycles. The third kappa shape index (κ3) is 38.4. The molecule has 0 fully saturated rings. The van der Waals surface area contributed by atoms with E-state index in [2.05, 4.69) is 74.6 Å². The number of carbonyl (C=O) groups excluding carboxylic acids is 1. The fourth-order valence-electron chi connectivity index (χ4n) is 5.37. The first-order valence-corrected chi connectivity index (χ1v) is 19.9. The molecule has 0 bridgehead atoms. The van der Waals surface area contributed by atoms with E-state index in [1.165, 1.54) is 103 Å². The normalized spacial score (nSPS) is 13.0. The molecule has 0 saturated carbocycles. The van der Waals surface area contributed by atoms with Crippen molar-refractivity contribution >= 4 is 5.97 Å². The fourth-order valence-corrected chi connectivity index (χ4v) is 5.37. The van der Waals surface area contributed by atoms with Crippen molar-refractivity contribution in [3.05, 3.63) is 60.8 Å². The molecule has 0 radical (unpaired) electrons. The van der Waals surface area contributed by atoms with Crippen molar-refractivity contribution in [2.75, 3.05) is 19.8 Å². The van der Waals surface area contributed by atoms with Crippen LogP contribution in [0.4, 0.5) is 0 Å². The minimum atomic E-state index is -0.546. The molecule has 4 nitrogen and oxygen atoms in total. The van der Waals surface area contributed by atoms with E-state index >= 15 is 0 Å². The number of hydrogen-bond acceptors (Lipinski definition) is 4. The minimum absolute atomic E-state index is 0.182. The van der Waals surface area contributed by atoms with Gasteiger partial charge in [-0.3, -0.25) is 4.79 Å². The van der Waals surface area contributed by atoms with Gasteiger partial charge in [0.15, 0.2) is 0 Å². The average molecular weight is 657 g/mol. The van der Waals surface area contributed by atoms with Crippen molar-refractivity contribution < 1.29 is 19.4 Å². The van der Waals surface area contributed by atoms with Gasteiger partial charge in [0.1, 0.15) is 6.10 Å². The largest absolute Gasteiger partial charge is 0.457 e. The van der Waals surface area contributed by atoms with E-state index in [9.17, 15) is 9.90 Å². The molecule has 0 aromatic heterocycles. The van der Waals surface area contributed by atoms with Crippen LogP contribution in [0, 0.1) is 0 Å². The first-order chi connectivity index (χ1) is 23.2. The molecule has 0 aromatic carbocycles. The Kier molecular flexibility index (Phi) is 38.6. The van der Waals surface area contributed by atoms with E-state index in [0.717, 1.165) is 57.8 Å². The van der Waals surface area contributed by atoms with Crippen LogP contribution in [-0.2, 0) is 14.3 Å². The highest BCUT2D eigenvalue weighted by Gasteiger charge is 2.13. The summed E-state index contributed by atoms with van der Waals surface area (Å²) >= 11 is 0. The monoisotopic (exact) mass is 657 g/mol. The maximum absolute atomic E-state index is 12.2. The lowest BCUT2D eigenvalue weighted by Gasteiger charge is -2.15. The number of rotatable bonds is 36. The second-order valence-corrected chi connectivity index (χ2v) is 13.0. The van der Waals surface area contributed by atoms with Gasteiger partial charge in [0.2, 0.25) is 0 Å². The maximum Gasteiger partial charge on any atom is 0.306 e. The fraction of sp³-hybridized carbons (Fsp3) is 0.744. The zero-order valence-corrected chi connectivity index (χ0v) is 31.0. The van der Waals surface area contributed by atoms with Crippen molar-refractivity contribution in [3.63, 3.8) is 0 Å². The second-order valence-electron chi connectivity index (χ2n) is 13.0. The molecule has 1 atom stereocenters. The summed E-state index contributed by atoms with van der Waals surface area (Å²) in [6.45, 7) is 5.20. The van der Waals surface area contributed by atoms with Gasteiger partial charge in [-0.15, -0.1) is 0 Å². The first kappa shape index (κ1) is 45.1. The minimum Gasteiger partial charge on any atom is -0.457 e. The van der Waals surface area contributed by atoms with E-state index in [4.69, 9.17) is 9.47 Å². The Morgan fingerprint density at radius 3 is 1.47 bits per heavy atom. The van der Waals surface area contributed by atoms with Crippen LogP contribution in [0.3, 0.4) is 0 Å². The summed E-state index contributed by atoms with van der Waals surface area (Å²) in [5.41, 5.74) is 0. The lowest BCUT2D eigenvalue weighted by atomic mass is 10.1. The van der Waals surface area contributed by atoms with E-state index in [1.54, 1.807) is 0 Å². The van der Waals surface area contributed by atoms with Crippen LogP contribution in [0.25, 0.3) is 0 Å². The Morgan fingerprint density at radius 2 is 0.957 bits per heavy atom. The van der Waals surface area contributed by atoms with Crippen LogP contribution < -0.4 is 0 Å². The van der Waals surface area contributed by atoms with Gasteiger partial charge >= 0.3 is 5.97 Å². The quantitative estimate of drug-likeness (QED) is 0.0414. The van der Waals surface area contributed by atoms with Gasteiger partial charge in [-0.1, -0.05) is 158 Å². The summed E-state index contributed by atoms with van der Waals surface area (Å²) in [6.07, 6.45) is 52.6. The molecule has 0 spiro atoms. The maximum atomic E-state index is 12.2. The van der Waals surface area contributed by atoms with Crippen molar-refractivity contribution in [2.45, 2.75) is 187 Å². The summed E-state index contributed by atoms with van der Waals surface area (Å²) in [7, 11) is 0. The Bertz CT molecular complexity index is 779. The molecule has 1 N–H and O–H groups in total. The van der Waals surface area contributed by atoms with Gasteiger partial charge in [-0.05, 0) is 77.0 Å². The van der Waals surface area contributed by atoms with E-state index in [0.29, 0.717) is 13.0 Å². The Labute approximate surface area is 292 Å². The highest BCUT2D eigenvalue weighted by atomic mass is 16.6. The lowest BCUT2D eigenvalue weighted by molar-refractivity contribution is -0.154. The van der Waals surface area contributed by atoms with Gasteiger partial charge in [0.05, 0.1) is 13.2 Å². The molecule has 47 heavy (non-hydrogen) atoms. The Morgan fingerprint density at radius 1 is 0.532 bits per heavy atom. The predicted molar refractivity (Wildman–Crippen MR) is 205 cm³/mol. The SMILES string of the molecule is CC/C=C\C/C=C\C/C=C\C/C=C\CCCCCCCCC(=O)OC(CO)COCCCCCCCC/C=C\CCCCCCCC. The number of allylic oxidation sites excluding steroid dienone is 10. The van der Waals surface area contributed by atoms with Gasteiger partial charge in [0, 0.05) is 13.0 Å². The summed E-state index contributed by atoms with van der Waals surface area (Å²) in [4.78, 5) is 12.2. The Balaban J connectivity index is 3.50. The van der Waals surface area contributed by atoms with Crippen LogP contribution >= 0.6 is 0 Å². The van der Waals surface area contributed by atoms with Crippen molar-refractivity contribution in [3.8, 4) is 0 Å². The van der Waals surface area contributed by atoms with E-state index in [1.807, 2.05) is 0 Å². The number of esters is 1. The molecular formula is C43H76O4. The summed E-state index contributed by atoms with van der Waals surface area (Å²) < 4.78 is 11.1. The van der Waals surface area contributed by atoms with Gasteiger partial charge < -0.3 is 14.6 Å². The number of unbranched alkanes of at least 4 members (excludes halogenated alkanes) is 18. The molecule has 4 heteroatoms. The molecular weight excluding hydrogens is 580 g/mol. The van der Waals surface area contributed by atoms with Crippen LogP contribution in [0.1, 0.15) is 181 Å². The molecule has 0 aliphatic heterocycles. The van der Waals surface area contributed by atoms with E-state index < -0.39 is 6.10 Å². The number of aliphatic hydroxyl groups excluding tert-OH is 1. The predicted octanol–water partition coefficient (Wildman–Crippen LogP) is 12.9. The molecule has 1 unspecified atom stereocenters. The van der Waals surface area contributed by atoms with E-state index in [-0.39, 0.29) is 19.2 Å². The number of ether oxygens (including phenoxy) is 2. The Hall–Kier alpha value is -1.91. The highest BCUT2D eigenvalue weighted by molar-refractivity contribution is 5.69. The van der Waals surface area contributed by atoms with Gasteiger partial charge in [-0.2, -0.15) is 0 Å². The van der Waals surface area contributed by atoms with Crippen LogP contribution in [0.5, 0.6) is 0 Å². The standard InChI is InChI=1S/C43H76O4/c1-3-5-7-9-11-13-15-17-19-21-22-23-24-26-28-30-32-34-36-38-43(45)47-42(40-44)41-46-39-37-35-33-31-29-27-25-20-18-16-14-12-10-8-6-4-2/h5,7,11,13,17-20,22-23,42,44H,3-4,6,8-10,12,14-16,21,24-41H2,1-2H3/b7-5-,13-11-,19-17-,20-18-,23-22-. The molecule has 0 rings (SSSR count). The highest BCUT2D eigenvalue weighted by Crippen LogP contribution is 2.12. The van der Waals surface area contributed by atoms with Crippen molar-refractivity contribution in [2.24, 2.45) is 0 Å². The number of aliphatic hydroxyl groups is 1. The second kappa shape index (κ2) is 40.3. The van der Waals surface area contributed by atoms with Crippen molar-refractivity contribution in [1.82, 2.24) is 0 Å². The summed E-state index contributed by atoms with van der Waals surface area (Å²) in [6, 6.07) is 0. The third-order valence-electron chi connectivity index (χ3n) is 8.33. The smallest absolute Gasteiger partial charge is 0.306 e. The zero-order valence-electron chi connectivity index (χ0n) is 31.0. The lowest BCUT2D eigenvalue weighted by Crippen LogP contribution is -2.27. The van der Waals surface area contributed by atoms with Gasteiger partial charge in [-0.25, -0.2) is 0 Å². The zero-order chi connectivity index (χ0) is 34.1. The van der Waals surface area contributed by atoms with Crippen LogP contribution in [0.15, 0.2) is 60.8 Å². The summed E-state index contributed by atoms with van der Waals surface area (Å²) in [5.74, 6) is -0.218. The third-order valence-corrected chi connectivity index (χ3v) is 8.33. The van der Waals surface area contributed by atoms with Gasteiger partial charge in [0.25, 0.3) is 0 Å². The first-order valence-electron chi connectivity index (χ1n) is 19.9. The number of carbonyl (C=O) groups is 1. The number of hydrogen-bond donors (Lipinski definition) is 1. The van der Waals surface area contributed by atoms with Crippen molar-refractivity contribution in [1.29, 1.82) is 0 Å². The molecule has 0 amide bonds. The molecule has 0 saturated heterocycles. The molecule has 0 aliphatic carbocycles. The molecule has 0 aromatic rings.